The molecule has 3 aromatic carbocycles. The first-order chi connectivity index (χ1) is 12.8. The Morgan fingerprint density at radius 1 is 1.07 bits per heavy atom. The van der Waals surface area contributed by atoms with Crippen LogP contribution >= 0.6 is 0 Å². The van der Waals surface area contributed by atoms with Gasteiger partial charge >= 0.3 is 6.18 Å². The molecule has 0 bridgehead atoms. The number of fused-ring (bicyclic) bond motifs is 1. The van der Waals surface area contributed by atoms with E-state index < -0.39 is 11.7 Å². The molecular formula is C22H16F3NO. The van der Waals surface area contributed by atoms with Crippen molar-refractivity contribution in [3.05, 3.63) is 71.8 Å². The van der Waals surface area contributed by atoms with E-state index in [9.17, 15) is 18.0 Å². The Balaban J connectivity index is 1.99. The van der Waals surface area contributed by atoms with E-state index in [1.54, 1.807) is 31.2 Å². The smallest absolute Gasteiger partial charge is 0.339 e. The highest BCUT2D eigenvalue weighted by Gasteiger charge is 2.30. The maximum absolute atomic E-state index is 12.8. The predicted molar refractivity (Wildman–Crippen MR) is 100 cm³/mol. The number of halogens is 3. The van der Waals surface area contributed by atoms with Crippen molar-refractivity contribution in [2.24, 2.45) is 0 Å². The molecule has 1 amide bonds. The Labute approximate surface area is 155 Å². The molecule has 0 aliphatic heterocycles. The average Bonchev–Trinajstić information content (AvgIpc) is 2.66. The van der Waals surface area contributed by atoms with E-state index in [1.807, 2.05) is 12.1 Å². The van der Waals surface area contributed by atoms with Gasteiger partial charge in [0.25, 0.3) is 5.91 Å². The third-order valence-electron chi connectivity index (χ3n) is 4.26. The highest BCUT2D eigenvalue weighted by atomic mass is 19.4. The lowest BCUT2D eigenvalue weighted by Gasteiger charge is -2.12. The van der Waals surface area contributed by atoms with E-state index in [0.29, 0.717) is 11.1 Å². The molecule has 136 valence electrons. The van der Waals surface area contributed by atoms with Crippen LogP contribution in [-0.4, -0.2) is 11.9 Å². The summed E-state index contributed by atoms with van der Waals surface area (Å²) in [6, 6.07) is 15.4. The first-order valence-electron chi connectivity index (χ1n) is 8.27. The van der Waals surface area contributed by atoms with Crippen molar-refractivity contribution >= 4 is 16.7 Å². The van der Waals surface area contributed by atoms with Crippen LogP contribution in [0.25, 0.3) is 21.9 Å². The summed E-state index contributed by atoms with van der Waals surface area (Å²) in [6.07, 6.45) is 0.910. The Morgan fingerprint density at radius 2 is 1.78 bits per heavy atom. The summed E-state index contributed by atoms with van der Waals surface area (Å²) in [5.74, 6) is 2.16. The van der Waals surface area contributed by atoms with Crippen LogP contribution in [0.5, 0.6) is 0 Å². The molecule has 0 aliphatic carbocycles. The van der Waals surface area contributed by atoms with E-state index >= 15 is 0 Å². The zero-order valence-corrected chi connectivity index (χ0v) is 14.5. The number of carbonyl (C=O) groups is 1. The number of rotatable bonds is 3. The summed E-state index contributed by atoms with van der Waals surface area (Å²) in [6.45, 7) is 1.71. The number of amides is 1. The van der Waals surface area contributed by atoms with Gasteiger partial charge in [-0.1, -0.05) is 42.3 Å². The normalized spacial score (nSPS) is 12.4. The number of benzene rings is 3. The fourth-order valence-electron chi connectivity index (χ4n) is 2.84. The van der Waals surface area contributed by atoms with Crippen molar-refractivity contribution in [1.29, 1.82) is 0 Å². The largest absolute Gasteiger partial charge is 0.416 e. The summed E-state index contributed by atoms with van der Waals surface area (Å²) in [4.78, 5) is 12.2. The van der Waals surface area contributed by atoms with Gasteiger partial charge in [-0.3, -0.25) is 4.79 Å². The molecule has 0 aromatic heterocycles. The summed E-state index contributed by atoms with van der Waals surface area (Å²) >= 11 is 0. The number of hydrogen-bond donors (Lipinski definition) is 1. The SMILES string of the molecule is C#CC(C)NC(=O)c1ccc2c(-c3ccc(C(F)(F)F)cc3)cccc2c1. The van der Waals surface area contributed by atoms with Gasteiger partial charge in [0.05, 0.1) is 11.6 Å². The molecular weight excluding hydrogens is 351 g/mol. The quantitative estimate of drug-likeness (QED) is 0.627. The second-order valence-corrected chi connectivity index (χ2v) is 6.18. The van der Waals surface area contributed by atoms with Gasteiger partial charge in [0.1, 0.15) is 0 Å². The van der Waals surface area contributed by atoms with Gasteiger partial charge < -0.3 is 5.32 Å². The number of hydrogen-bond acceptors (Lipinski definition) is 1. The molecule has 0 radical (unpaired) electrons. The van der Waals surface area contributed by atoms with Crippen LogP contribution in [0, 0.1) is 12.3 Å². The first kappa shape index (κ1) is 18.5. The predicted octanol–water partition coefficient (Wildman–Crippen LogP) is 5.28. The van der Waals surface area contributed by atoms with Crippen LogP contribution in [0.2, 0.25) is 0 Å². The third-order valence-corrected chi connectivity index (χ3v) is 4.26. The van der Waals surface area contributed by atoms with Gasteiger partial charge in [-0.15, -0.1) is 6.42 Å². The molecule has 2 nitrogen and oxygen atoms in total. The lowest BCUT2D eigenvalue weighted by molar-refractivity contribution is -0.137. The fourth-order valence-corrected chi connectivity index (χ4v) is 2.84. The zero-order valence-electron chi connectivity index (χ0n) is 14.5. The van der Waals surface area contributed by atoms with Crippen molar-refractivity contribution in [2.45, 2.75) is 19.1 Å². The monoisotopic (exact) mass is 367 g/mol. The van der Waals surface area contributed by atoms with Crippen LogP contribution in [0.15, 0.2) is 60.7 Å². The van der Waals surface area contributed by atoms with Crippen molar-refractivity contribution in [1.82, 2.24) is 5.32 Å². The fraction of sp³-hybridized carbons (Fsp3) is 0.136. The second kappa shape index (κ2) is 7.16. The van der Waals surface area contributed by atoms with Crippen LogP contribution in [0.3, 0.4) is 0 Å². The molecule has 3 aromatic rings. The van der Waals surface area contributed by atoms with Crippen molar-refractivity contribution < 1.29 is 18.0 Å². The third kappa shape index (κ3) is 3.95. The molecule has 0 saturated carbocycles. The Hall–Kier alpha value is -3.26. The number of terminal acetylenes is 1. The van der Waals surface area contributed by atoms with Gasteiger partial charge in [0.15, 0.2) is 0 Å². The lowest BCUT2D eigenvalue weighted by Crippen LogP contribution is -2.31. The maximum atomic E-state index is 12.8. The standard InChI is InChI=1S/C22H16F3NO/c1-3-14(2)26-21(27)17-9-12-20-16(13-17)5-4-6-19(20)15-7-10-18(11-8-15)22(23,24)25/h1,4-14H,2H3,(H,26,27). The first-order valence-corrected chi connectivity index (χ1v) is 8.27. The van der Waals surface area contributed by atoms with Crippen LogP contribution in [0.1, 0.15) is 22.8 Å². The molecule has 0 spiro atoms. The van der Waals surface area contributed by atoms with E-state index in [2.05, 4.69) is 11.2 Å². The van der Waals surface area contributed by atoms with E-state index in [1.165, 1.54) is 12.1 Å². The summed E-state index contributed by atoms with van der Waals surface area (Å²) in [7, 11) is 0. The minimum atomic E-state index is -4.37. The Morgan fingerprint density at radius 3 is 2.41 bits per heavy atom. The molecule has 0 aliphatic rings. The number of carbonyl (C=O) groups excluding carboxylic acids is 1. The van der Waals surface area contributed by atoms with Gasteiger partial charge in [0, 0.05) is 5.56 Å². The summed E-state index contributed by atoms with van der Waals surface area (Å²) < 4.78 is 38.3. The van der Waals surface area contributed by atoms with E-state index in [-0.39, 0.29) is 11.9 Å². The molecule has 1 N–H and O–H groups in total. The Bertz CT molecular complexity index is 1030. The molecule has 1 unspecified atom stereocenters. The van der Waals surface area contributed by atoms with E-state index in [4.69, 9.17) is 6.42 Å². The average molecular weight is 367 g/mol. The molecule has 27 heavy (non-hydrogen) atoms. The van der Waals surface area contributed by atoms with Crippen LogP contribution in [-0.2, 0) is 6.18 Å². The minimum Gasteiger partial charge on any atom is -0.339 e. The van der Waals surface area contributed by atoms with Gasteiger partial charge in [-0.05, 0) is 53.1 Å². The van der Waals surface area contributed by atoms with E-state index in [0.717, 1.165) is 28.5 Å². The topological polar surface area (TPSA) is 29.1 Å². The summed E-state index contributed by atoms with van der Waals surface area (Å²) in [5.41, 5.74) is 1.25. The van der Waals surface area contributed by atoms with Gasteiger partial charge in [-0.2, -0.15) is 13.2 Å². The highest BCUT2D eigenvalue weighted by Crippen LogP contribution is 2.33. The van der Waals surface area contributed by atoms with Crippen LogP contribution < -0.4 is 5.32 Å². The Kier molecular flexibility index (Phi) is 4.91. The molecule has 0 saturated heterocycles. The zero-order chi connectivity index (χ0) is 19.6. The lowest BCUT2D eigenvalue weighted by atomic mass is 9.96. The van der Waals surface area contributed by atoms with Gasteiger partial charge in [-0.25, -0.2) is 0 Å². The molecule has 0 fully saturated rings. The summed E-state index contributed by atoms with van der Waals surface area (Å²) in [5, 5.41) is 4.36. The second-order valence-electron chi connectivity index (χ2n) is 6.18. The number of alkyl halides is 3. The van der Waals surface area contributed by atoms with Crippen molar-refractivity contribution in [2.75, 3.05) is 0 Å². The molecule has 1 atom stereocenters. The van der Waals surface area contributed by atoms with Crippen LogP contribution in [0.4, 0.5) is 13.2 Å². The number of nitrogens with one attached hydrogen (secondary N) is 1. The maximum Gasteiger partial charge on any atom is 0.416 e. The highest BCUT2D eigenvalue weighted by molar-refractivity contribution is 6.02. The van der Waals surface area contributed by atoms with Crippen molar-refractivity contribution in [3.63, 3.8) is 0 Å². The van der Waals surface area contributed by atoms with Gasteiger partial charge in [0.2, 0.25) is 0 Å². The minimum absolute atomic E-state index is 0.276. The molecule has 5 heteroatoms. The molecule has 3 rings (SSSR count). The van der Waals surface area contributed by atoms with Crippen molar-refractivity contribution in [3.8, 4) is 23.5 Å². The molecule has 0 heterocycles.